The highest BCUT2D eigenvalue weighted by molar-refractivity contribution is 5.91. The smallest absolute Gasteiger partial charge is 0.338 e. The summed E-state index contributed by atoms with van der Waals surface area (Å²) in [5.41, 5.74) is 6.52. The van der Waals surface area contributed by atoms with Gasteiger partial charge in [0, 0.05) is 5.69 Å². The van der Waals surface area contributed by atoms with E-state index in [0.29, 0.717) is 42.8 Å². The maximum absolute atomic E-state index is 13.1. The molecule has 0 fully saturated rings. The van der Waals surface area contributed by atoms with Gasteiger partial charge in [0.05, 0.1) is 25.4 Å². The van der Waals surface area contributed by atoms with Crippen molar-refractivity contribution in [1.29, 1.82) is 0 Å². The molecule has 3 rings (SSSR count). The minimum absolute atomic E-state index is 0.0657. The monoisotopic (exact) mass is 471 g/mol. The van der Waals surface area contributed by atoms with E-state index in [0.717, 1.165) is 0 Å². The van der Waals surface area contributed by atoms with E-state index in [4.69, 9.17) is 24.7 Å². The van der Waals surface area contributed by atoms with Crippen LogP contribution in [0.15, 0.2) is 36.4 Å². The zero-order valence-corrected chi connectivity index (χ0v) is 19.1. The molecule has 11 heteroatoms. The van der Waals surface area contributed by atoms with Crippen molar-refractivity contribution >= 4 is 23.6 Å². The van der Waals surface area contributed by atoms with Crippen molar-refractivity contribution < 1.29 is 28.1 Å². The molecule has 0 aliphatic rings. The minimum atomic E-state index is -0.642. The van der Waals surface area contributed by atoms with Crippen LogP contribution >= 0.6 is 0 Å². The molecule has 0 unspecified atom stereocenters. The Labute approximate surface area is 196 Å². The molecule has 0 saturated carbocycles. The quantitative estimate of drug-likeness (QED) is 0.397. The van der Waals surface area contributed by atoms with Crippen molar-refractivity contribution in [2.45, 2.75) is 27.4 Å². The van der Waals surface area contributed by atoms with Gasteiger partial charge in [-0.3, -0.25) is 0 Å². The number of anilines is 3. The predicted molar refractivity (Wildman–Crippen MR) is 123 cm³/mol. The summed E-state index contributed by atoms with van der Waals surface area (Å²) in [5, 5.41) is 2.90. The highest BCUT2D eigenvalue weighted by Gasteiger charge is 2.20. The summed E-state index contributed by atoms with van der Waals surface area (Å²) >= 11 is 0. The van der Waals surface area contributed by atoms with Crippen LogP contribution in [-0.4, -0.2) is 40.7 Å². The molecule has 3 N–H and O–H groups in total. The molecule has 1 aromatic heterocycles. The molecule has 180 valence electrons. The third kappa shape index (κ3) is 6.44. The molecule has 34 heavy (non-hydrogen) atoms. The van der Waals surface area contributed by atoms with Gasteiger partial charge >= 0.3 is 5.97 Å². The van der Waals surface area contributed by atoms with Gasteiger partial charge in [0.25, 0.3) is 0 Å². The first kappa shape index (κ1) is 24.5. The van der Waals surface area contributed by atoms with E-state index in [1.165, 1.54) is 36.4 Å². The van der Waals surface area contributed by atoms with E-state index < -0.39 is 5.97 Å². The molecular weight excluding hydrogens is 445 g/mol. The Morgan fingerprint density at radius 3 is 2.15 bits per heavy atom. The number of hydrogen-bond acceptors (Lipinski definition) is 10. The number of hydrogen-bond donors (Lipinski definition) is 2. The number of nitrogens with zero attached hydrogens (tertiary/aromatic N) is 3. The van der Waals surface area contributed by atoms with Gasteiger partial charge in [-0.25, -0.2) is 9.18 Å². The van der Waals surface area contributed by atoms with E-state index in [9.17, 15) is 9.18 Å². The Morgan fingerprint density at radius 1 is 0.941 bits per heavy atom. The van der Waals surface area contributed by atoms with Crippen LogP contribution in [0.1, 0.15) is 37.0 Å². The first-order valence-corrected chi connectivity index (χ1v) is 10.7. The molecule has 3 aromatic rings. The van der Waals surface area contributed by atoms with Gasteiger partial charge in [0.1, 0.15) is 5.82 Å². The lowest BCUT2D eigenvalue weighted by atomic mass is 10.2. The molecule has 10 nitrogen and oxygen atoms in total. The van der Waals surface area contributed by atoms with Crippen LogP contribution in [0, 0.1) is 5.82 Å². The normalized spacial score (nSPS) is 10.5. The third-order valence-corrected chi connectivity index (χ3v) is 4.28. The average Bonchev–Trinajstić information content (AvgIpc) is 2.81. The second kappa shape index (κ2) is 11.6. The largest absolute Gasteiger partial charge is 0.490 e. The number of ether oxygens (including phenoxy) is 4. The number of nitrogens with two attached hydrogens (primary N) is 1. The molecule has 0 saturated heterocycles. The SMILES string of the molecule is CCOc1cc(C(=O)OCc2nc(N)nc(Nc3ccc(F)cc3)n2)cc(OCC)c1OCC. The van der Waals surface area contributed by atoms with Crippen LogP contribution < -0.4 is 25.3 Å². The van der Waals surface area contributed by atoms with Crippen molar-refractivity contribution in [2.75, 3.05) is 30.9 Å². The lowest BCUT2D eigenvalue weighted by molar-refractivity contribution is 0.0461. The molecule has 1 heterocycles. The molecule has 0 aliphatic carbocycles. The highest BCUT2D eigenvalue weighted by Crippen LogP contribution is 2.39. The van der Waals surface area contributed by atoms with Gasteiger partial charge in [0.2, 0.25) is 17.6 Å². The topological polar surface area (TPSA) is 131 Å². The number of nitrogens with one attached hydrogen (secondary N) is 1. The number of aromatic nitrogens is 3. The Bertz CT molecular complexity index is 1100. The Morgan fingerprint density at radius 2 is 1.56 bits per heavy atom. The summed E-state index contributed by atoms with van der Waals surface area (Å²) in [6.45, 7) is 6.38. The van der Waals surface area contributed by atoms with Gasteiger partial charge < -0.3 is 30.0 Å². The van der Waals surface area contributed by atoms with Crippen LogP contribution in [-0.2, 0) is 11.3 Å². The summed E-state index contributed by atoms with van der Waals surface area (Å²) in [6, 6.07) is 8.68. The Kier molecular flexibility index (Phi) is 8.38. The van der Waals surface area contributed by atoms with Crippen molar-refractivity contribution in [3.63, 3.8) is 0 Å². The number of rotatable bonds is 11. The number of nitrogen functional groups attached to an aromatic ring is 1. The molecule has 0 amide bonds. The van der Waals surface area contributed by atoms with Crippen molar-refractivity contribution in [3.8, 4) is 17.2 Å². The molecule has 0 bridgehead atoms. The van der Waals surface area contributed by atoms with Gasteiger partial charge in [-0.15, -0.1) is 0 Å². The molecule has 0 aliphatic heterocycles. The molecule has 0 spiro atoms. The van der Waals surface area contributed by atoms with E-state index in [-0.39, 0.29) is 35.7 Å². The maximum Gasteiger partial charge on any atom is 0.338 e. The fourth-order valence-corrected chi connectivity index (χ4v) is 2.94. The zero-order chi connectivity index (χ0) is 24.5. The van der Waals surface area contributed by atoms with E-state index in [2.05, 4.69) is 20.3 Å². The van der Waals surface area contributed by atoms with Crippen molar-refractivity contribution in [2.24, 2.45) is 0 Å². The standard InChI is InChI=1S/C23H26FN5O5/c1-4-31-17-11-14(12-18(32-5-2)20(17)33-6-3)21(30)34-13-19-27-22(25)29-23(28-19)26-16-9-7-15(24)8-10-16/h7-12H,4-6,13H2,1-3H3,(H3,25,26,27,28,29). The van der Waals surface area contributed by atoms with Crippen LogP contribution in [0.4, 0.5) is 22.0 Å². The summed E-state index contributed by atoms with van der Waals surface area (Å²) < 4.78 is 35.4. The van der Waals surface area contributed by atoms with Crippen molar-refractivity contribution in [3.05, 3.63) is 53.6 Å². The second-order valence-electron chi connectivity index (χ2n) is 6.74. The number of halogens is 1. The van der Waals surface area contributed by atoms with Gasteiger partial charge in [-0.2, -0.15) is 15.0 Å². The fraction of sp³-hybridized carbons (Fsp3) is 0.304. The van der Waals surface area contributed by atoms with E-state index in [1.807, 2.05) is 20.8 Å². The average molecular weight is 471 g/mol. The first-order chi connectivity index (χ1) is 16.4. The second-order valence-corrected chi connectivity index (χ2v) is 6.74. The maximum atomic E-state index is 13.1. The molecule has 0 radical (unpaired) electrons. The highest BCUT2D eigenvalue weighted by atomic mass is 19.1. The third-order valence-electron chi connectivity index (χ3n) is 4.28. The van der Waals surface area contributed by atoms with Crippen LogP contribution in [0.25, 0.3) is 0 Å². The number of carbonyl (C=O) groups excluding carboxylic acids is 1. The first-order valence-electron chi connectivity index (χ1n) is 10.7. The summed E-state index contributed by atoms with van der Waals surface area (Å²) in [7, 11) is 0. The summed E-state index contributed by atoms with van der Waals surface area (Å²) in [5.74, 6) is 0.345. The van der Waals surface area contributed by atoms with Crippen molar-refractivity contribution in [1.82, 2.24) is 15.0 Å². The fourth-order valence-electron chi connectivity index (χ4n) is 2.94. The Balaban J connectivity index is 1.77. The van der Waals surface area contributed by atoms with E-state index >= 15 is 0 Å². The Hall–Kier alpha value is -4.15. The van der Waals surface area contributed by atoms with E-state index in [1.54, 1.807) is 0 Å². The summed E-state index contributed by atoms with van der Waals surface area (Å²) in [4.78, 5) is 24.9. The number of carbonyl (C=O) groups is 1. The lowest BCUT2D eigenvalue weighted by Gasteiger charge is -2.16. The zero-order valence-electron chi connectivity index (χ0n) is 19.1. The minimum Gasteiger partial charge on any atom is -0.490 e. The number of esters is 1. The molecule has 0 atom stereocenters. The number of benzene rings is 2. The van der Waals surface area contributed by atoms with Crippen LogP contribution in [0.5, 0.6) is 17.2 Å². The van der Waals surface area contributed by atoms with Crippen LogP contribution in [0.2, 0.25) is 0 Å². The molecule has 2 aromatic carbocycles. The van der Waals surface area contributed by atoms with Gasteiger partial charge in [0.15, 0.2) is 23.9 Å². The van der Waals surface area contributed by atoms with Gasteiger partial charge in [-0.05, 0) is 57.2 Å². The lowest BCUT2D eigenvalue weighted by Crippen LogP contribution is -2.12. The predicted octanol–water partition coefficient (Wildman–Crippen LogP) is 3.89. The molecular formula is C23H26FN5O5. The van der Waals surface area contributed by atoms with Crippen LogP contribution in [0.3, 0.4) is 0 Å². The summed E-state index contributed by atoms with van der Waals surface area (Å²) in [6.07, 6.45) is 0. The van der Waals surface area contributed by atoms with Gasteiger partial charge in [-0.1, -0.05) is 0 Å².